The Morgan fingerprint density at radius 1 is 1.09 bits per heavy atom. The summed E-state index contributed by atoms with van der Waals surface area (Å²) in [6, 6.07) is 7.93. The van der Waals surface area contributed by atoms with Crippen molar-refractivity contribution in [1.29, 1.82) is 0 Å². The molecule has 1 N–H and O–H groups in total. The van der Waals surface area contributed by atoms with Crippen molar-refractivity contribution < 1.29 is 31.1 Å². The van der Waals surface area contributed by atoms with Crippen molar-refractivity contribution >= 4 is 21.7 Å². The molecule has 1 aliphatic rings. The second-order valence-electron chi connectivity index (χ2n) is 6.93. The smallest absolute Gasteiger partial charge is 0.422 e. The second-order valence-corrected chi connectivity index (χ2v) is 9.02. The summed E-state index contributed by atoms with van der Waals surface area (Å²) in [5, 5.41) is 2.48. The van der Waals surface area contributed by atoms with Gasteiger partial charge in [0.15, 0.2) is 6.61 Å². The summed E-state index contributed by atoms with van der Waals surface area (Å²) >= 11 is 0. The number of carbonyl (C=O) groups is 1. The lowest BCUT2D eigenvalue weighted by atomic mass is 10.2. The number of halogens is 3. The van der Waals surface area contributed by atoms with Crippen LogP contribution in [0.15, 0.2) is 42.7 Å². The average Bonchev–Trinajstić information content (AvgIpc) is 2.78. The van der Waals surface area contributed by atoms with Crippen LogP contribution in [-0.2, 0) is 10.0 Å². The van der Waals surface area contributed by atoms with E-state index in [0.717, 1.165) is 18.1 Å². The highest BCUT2D eigenvalue weighted by Gasteiger charge is 2.29. The van der Waals surface area contributed by atoms with Gasteiger partial charge in [-0.3, -0.25) is 4.79 Å². The number of anilines is 1. The van der Waals surface area contributed by atoms with E-state index in [1.54, 1.807) is 6.20 Å². The molecular formula is C19H22F3N5O4S. The molecule has 32 heavy (non-hydrogen) atoms. The lowest BCUT2D eigenvalue weighted by Gasteiger charge is -2.34. The Morgan fingerprint density at radius 2 is 1.84 bits per heavy atom. The maximum absolute atomic E-state index is 12.6. The highest BCUT2D eigenvalue weighted by molar-refractivity contribution is 7.89. The third-order valence-corrected chi connectivity index (χ3v) is 6.51. The fourth-order valence-electron chi connectivity index (χ4n) is 3.02. The number of piperazine rings is 1. The molecule has 0 bridgehead atoms. The van der Waals surface area contributed by atoms with Crippen LogP contribution >= 0.6 is 0 Å². The van der Waals surface area contributed by atoms with Crippen molar-refractivity contribution in [3.05, 3.63) is 48.3 Å². The van der Waals surface area contributed by atoms with E-state index in [4.69, 9.17) is 0 Å². The van der Waals surface area contributed by atoms with Gasteiger partial charge in [-0.25, -0.2) is 18.4 Å². The van der Waals surface area contributed by atoms with Crippen molar-refractivity contribution in [1.82, 2.24) is 19.6 Å². The summed E-state index contributed by atoms with van der Waals surface area (Å²) in [6.45, 7) is 0.0495. The van der Waals surface area contributed by atoms with Gasteiger partial charge in [0.05, 0.1) is 11.3 Å². The van der Waals surface area contributed by atoms with Crippen molar-refractivity contribution in [2.75, 3.05) is 50.0 Å². The number of aromatic nitrogens is 2. The minimum Gasteiger partial charge on any atom is -0.468 e. The van der Waals surface area contributed by atoms with Gasteiger partial charge in [-0.2, -0.15) is 17.5 Å². The second kappa shape index (κ2) is 10.1. The molecule has 0 unspecified atom stereocenters. The van der Waals surface area contributed by atoms with Crippen LogP contribution in [0, 0.1) is 0 Å². The van der Waals surface area contributed by atoms with E-state index in [1.165, 1.54) is 10.4 Å². The standard InChI is InChI=1S/C19H22F3N5O4S/c20-19(21,22)14-31-17-5-4-15(13-25-17)18(28)24-7-12-32(29,30)27-10-8-26(9-11-27)16-3-1-2-6-23-16/h1-6,13H,7-12,14H2,(H,24,28). The SMILES string of the molecule is O=C(NCCS(=O)(=O)N1CCN(c2ccccn2)CC1)c1ccc(OCC(F)(F)F)nc1. The number of rotatable bonds is 8. The average molecular weight is 473 g/mol. The summed E-state index contributed by atoms with van der Waals surface area (Å²) < 4.78 is 67.4. The first kappa shape index (κ1) is 23.7. The molecule has 0 saturated carbocycles. The lowest BCUT2D eigenvalue weighted by molar-refractivity contribution is -0.154. The normalized spacial score (nSPS) is 15.4. The third-order valence-electron chi connectivity index (χ3n) is 4.63. The van der Waals surface area contributed by atoms with Crippen molar-refractivity contribution in [2.45, 2.75) is 6.18 Å². The first-order valence-corrected chi connectivity index (χ1v) is 11.3. The molecule has 0 aromatic carbocycles. The van der Waals surface area contributed by atoms with Crippen molar-refractivity contribution in [3.8, 4) is 5.88 Å². The van der Waals surface area contributed by atoms with Gasteiger partial charge >= 0.3 is 6.18 Å². The molecule has 1 aliphatic heterocycles. The fourth-order valence-corrected chi connectivity index (χ4v) is 4.35. The van der Waals surface area contributed by atoms with Crippen molar-refractivity contribution in [2.24, 2.45) is 0 Å². The van der Waals surface area contributed by atoms with E-state index < -0.39 is 28.7 Å². The molecule has 174 valence electrons. The zero-order valence-corrected chi connectivity index (χ0v) is 17.8. The summed E-state index contributed by atoms with van der Waals surface area (Å²) in [6.07, 6.45) is -1.75. The summed E-state index contributed by atoms with van der Waals surface area (Å²) in [7, 11) is -3.57. The highest BCUT2D eigenvalue weighted by Crippen LogP contribution is 2.17. The van der Waals surface area contributed by atoms with E-state index in [0.29, 0.717) is 26.2 Å². The predicted octanol–water partition coefficient (Wildman–Crippen LogP) is 1.30. The van der Waals surface area contributed by atoms with Gasteiger partial charge in [0.1, 0.15) is 5.82 Å². The number of hydrogen-bond donors (Lipinski definition) is 1. The number of ether oxygens (including phenoxy) is 1. The third kappa shape index (κ3) is 6.79. The van der Waals surface area contributed by atoms with E-state index in [2.05, 4.69) is 20.0 Å². The van der Waals surface area contributed by atoms with Crippen LogP contribution in [0.5, 0.6) is 5.88 Å². The van der Waals surface area contributed by atoms with Gasteiger partial charge in [0.2, 0.25) is 15.9 Å². The highest BCUT2D eigenvalue weighted by atomic mass is 32.2. The molecular weight excluding hydrogens is 451 g/mol. The zero-order chi connectivity index (χ0) is 23.2. The van der Waals surface area contributed by atoms with Crippen LogP contribution in [0.3, 0.4) is 0 Å². The molecule has 2 aromatic rings. The first-order valence-electron chi connectivity index (χ1n) is 9.72. The first-order chi connectivity index (χ1) is 15.1. The molecule has 13 heteroatoms. The molecule has 1 amide bonds. The maximum Gasteiger partial charge on any atom is 0.422 e. The number of carbonyl (C=O) groups excluding carboxylic acids is 1. The quantitative estimate of drug-likeness (QED) is 0.616. The Kier molecular flexibility index (Phi) is 7.51. The fraction of sp³-hybridized carbons (Fsp3) is 0.421. The van der Waals surface area contributed by atoms with E-state index >= 15 is 0 Å². The number of hydrogen-bond acceptors (Lipinski definition) is 7. The molecule has 2 aromatic heterocycles. The van der Waals surface area contributed by atoms with E-state index in [1.807, 2.05) is 23.1 Å². The monoisotopic (exact) mass is 473 g/mol. The van der Waals surface area contributed by atoms with Gasteiger partial charge in [0.25, 0.3) is 5.91 Å². The Bertz CT molecular complexity index is 996. The van der Waals surface area contributed by atoms with Gasteiger partial charge < -0.3 is 15.0 Å². The summed E-state index contributed by atoms with van der Waals surface area (Å²) in [5.41, 5.74) is 0.0748. The van der Waals surface area contributed by atoms with Crippen LogP contribution in [0.1, 0.15) is 10.4 Å². The zero-order valence-electron chi connectivity index (χ0n) is 17.0. The molecule has 3 rings (SSSR count). The van der Waals surface area contributed by atoms with E-state index in [-0.39, 0.29) is 23.7 Å². The molecule has 1 saturated heterocycles. The van der Waals surface area contributed by atoms with Crippen LogP contribution in [0.2, 0.25) is 0 Å². The molecule has 0 atom stereocenters. The van der Waals surface area contributed by atoms with Crippen molar-refractivity contribution in [3.63, 3.8) is 0 Å². The van der Waals surface area contributed by atoms with Crippen LogP contribution in [0.25, 0.3) is 0 Å². The molecule has 0 spiro atoms. The predicted molar refractivity (Wildman–Crippen MR) is 110 cm³/mol. The summed E-state index contributed by atoms with van der Waals surface area (Å²) in [5.74, 6) is -0.343. The largest absolute Gasteiger partial charge is 0.468 e. The Morgan fingerprint density at radius 3 is 2.44 bits per heavy atom. The number of nitrogens with zero attached hydrogens (tertiary/aromatic N) is 4. The molecule has 9 nitrogen and oxygen atoms in total. The number of pyridine rings is 2. The van der Waals surface area contributed by atoms with E-state index in [9.17, 15) is 26.4 Å². The Balaban J connectivity index is 1.43. The summed E-state index contributed by atoms with van der Waals surface area (Å²) in [4.78, 5) is 22.1. The Labute approximate surface area is 183 Å². The Hall–Kier alpha value is -2.93. The minimum atomic E-state index is -4.49. The van der Waals surface area contributed by atoms with Gasteiger partial charge in [-0.05, 0) is 18.2 Å². The van der Waals surface area contributed by atoms with Crippen LogP contribution in [0.4, 0.5) is 19.0 Å². The van der Waals surface area contributed by atoms with Gasteiger partial charge in [-0.15, -0.1) is 0 Å². The minimum absolute atomic E-state index is 0.0748. The topological polar surface area (TPSA) is 105 Å². The molecule has 3 heterocycles. The van der Waals surface area contributed by atoms with Crippen LogP contribution in [-0.4, -0.2) is 79.9 Å². The number of alkyl halides is 3. The lowest BCUT2D eigenvalue weighted by Crippen LogP contribution is -2.50. The number of amides is 1. The van der Waals surface area contributed by atoms with Gasteiger partial charge in [-0.1, -0.05) is 6.07 Å². The molecule has 0 radical (unpaired) electrons. The molecule has 1 fully saturated rings. The molecule has 0 aliphatic carbocycles. The number of sulfonamides is 1. The number of nitrogens with one attached hydrogen (secondary N) is 1. The maximum atomic E-state index is 12.6. The van der Waals surface area contributed by atoms with Crippen LogP contribution < -0.4 is 15.0 Å². The van der Waals surface area contributed by atoms with Gasteiger partial charge in [0, 0.05) is 51.2 Å².